The number of fused-ring (bicyclic) bond motifs is 1. The lowest BCUT2D eigenvalue weighted by molar-refractivity contribution is -0.0327. The summed E-state index contributed by atoms with van der Waals surface area (Å²) in [6.07, 6.45) is 0. The average Bonchev–Trinajstić information content (AvgIpc) is 2.72. The number of halogens is 4. The monoisotopic (exact) mass is 354 g/mol. The van der Waals surface area contributed by atoms with Gasteiger partial charge >= 0.3 is 5.51 Å². The van der Waals surface area contributed by atoms with Gasteiger partial charge in [0.05, 0.1) is 10.7 Å². The molecule has 0 saturated heterocycles. The molecule has 1 amide bonds. The molecule has 0 aliphatic carbocycles. The number of thiophene rings is 1. The number of alkyl halides is 3. The van der Waals surface area contributed by atoms with Gasteiger partial charge in [-0.3, -0.25) is 4.79 Å². The Hall–Kier alpha value is -1.12. The van der Waals surface area contributed by atoms with E-state index in [4.69, 9.17) is 17.3 Å². The summed E-state index contributed by atoms with van der Waals surface area (Å²) >= 11 is 7.00. The van der Waals surface area contributed by atoms with E-state index >= 15 is 0 Å². The molecule has 1 aromatic carbocycles. The normalized spacial score (nSPS) is 11.8. The van der Waals surface area contributed by atoms with Gasteiger partial charge in [0.2, 0.25) is 0 Å². The summed E-state index contributed by atoms with van der Waals surface area (Å²) < 4.78 is 36.7. The third-order valence-electron chi connectivity index (χ3n) is 2.56. The lowest BCUT2D eigenvalue weighted by atomic mass is 10.2. The van der Waals surface area contributed by atoms with Gasteiger partial charge in [0.15, 0.2) is 0 Å². The van der Waals surface area contributed by atoms with Gasteiger partial charge in [0, 0.05) is 22.4 Å². The number of amides is 1. The summed E-state index contributed by atoms with van der Waals surface area (Å²) in [6, 6.07) is 5.18. The van der Waals surface area contributed by atoms with Crippen molar-refractivity contribution in [3.8, 4) is 0 Å². The van der Waals surface area contributed by atoms with Gasteiger partial charge in [0.25, 0.3) is 5.91 Å². The molecule has 1 heterocycles. The number of nitrogens with one attached hydrogen (secondary N) is 1. The Labute approximate surface area is 131 Å². The first-order valence-corrected chi connectivity index (χ1v) is 7.93. The molecule has 1 aromatic heterocycles. The predicted octanol–water partition coefficient (Wildman–Crippen LogP) is 4.12. The topological polar surface area (TPSA) is 55.1 Å². The van der Waals surface area contributed by atoms with Gasteiger partial charge in [0.1, 0.15) is 4.88 Å². The molecule has 0 aliphatic rings. The molecule has 0 spiro atoms. The quantitative estimate of drug-likeness (QED) is 0.812. The fourth-order valence-corrected chi connectivity index (χ4v) is 3.54. The van der Waals surface area contributed by atoms with Crippen molar-refractivity contribution in [2.75, 3.05) is 18.0 Å². The van der Waals surface area contributed by atoms with Gasteiger partial charge in [-0.2, -0.15) is 13.2 Å². The third kappa shape index (κ3) is 3.96. The number of nitrogens with two attached hydrogens (primary N) is 1. The number of rotatable bonds is 4. The minimum absolute atomic E-state index is 0.0928. The van der Waals surface area contributed by atoms with E-state index in [-0.39, 0.29) is 34.6 Å². The Morgan fingerprint density at radius 2 is 2.14 bits per heavy atom. The van der Waals surface area contributed by atoms with Crippen LogP contribution in [-0.2, 0) is 0 Å². The van der Waals surface area contributed by atoms with E-state index in [0.717, 1.165) is 16.0 Å². The highest BCUT2D eigenvalue weighted by molar-refractivity contribution is 8.00. The van der Waals surface area contributed by atoms with Crippen LogP contribution in [0.2, 0.25) is 5.02 Å². The first-order valence-electron chi connectivity index (χ1n) is 5.75. The van der Waals surface area contributed by atoms with Gasteiger partial charge in [-0.25, -0.2) is 0 Å². The molecule has 0 atom stereocenters. The van der Waals surface area contributed by atoms with Crippen LogP contribution in [0, 0.1) is 0 Å². The average molecular weight is 355 g/mol. The van der Waals surface area contributed by atoms with E-state index < -0.39 is 11.4 Å². The molecule has 2 rings (SSSR count). The number of anilines is 1. The highest BCUT2D eigenvalue weighted by Crippen LogP contribution is 2.37. The van der Waals surface area contributed by atoms with Crippen molar-refractivity contribution < 1.29 is 18.0 Å². The molecule has 21 heavy (non-hydrogen) atoms. The predicted molar refractivity (Wildman–Crippen MR) is 82.1 cm³/mol. The largest absolute Gasteiger partial charge is 0.441 e. The molecular formula is C12H10ClF3N2OS2. The maximum atomic E-state index is 12.0. The van der Waals surface area contributed by atoms with Gasteiger partial charge in [-0.1, -0.05) is 17.7 Å². The highest BCUT2D eigenvalue weighted by Gasteiger charge is 2.27. The van der Waals surface area contributed by atoms with Crippen LogP contribution >= 0.6 is 34.7 Å². The molecule has 9 heteroatoms. The van der Waals surface area contributed by atoms with Crippen molar-refractivity contribution in [3.05, 3.63) is 28.1 Å². The van der Waals surface area contributed by atoms with Crippen LogP contribution in [-0.4, -0.2) is 23.7 Å². The molecule has 0 aliphatic heterocycles. The zero-order valence-electron chi connectivity index (χ0n) is 10.5. The van der Waals surface area contributed by atoms with Crippen LogP contribution < -0.4 is 11.1 Å². The third-order valence-corrected chi connectivity index (χ3v) is 4.78. The van der Waals surface area contributed by atoms with E-state index in [2.05, 4.69) is 5.32 Å². The molecule has 0 fully saturated rings. The van der Waals surface area contributed by atoms with E-state index in [1.807, 2.05) is 0 Å². The fraction of sp³-hybridized carbons (Fsp3) is 0.250. The number of benzene rings is 1. The second-order valence-electron chi connectivity index (χ2n) is 4.01. The fourth-order valence-electron chi connectivity index (χ4n) is 1.71. The number of nitrogen functional groups attached to an aromatic ring is 1. The molecular weight excluding hydrogens is 345 g/mol. The van der Waals surface area contributed by atoms with Crippen molar-refractivity contribution >= 4 is 56.4 Å². The standard InChI is InChI=1S/C12H10ClF3N2OS2/c13-6-2-1-3-7-8(6)9(17)10(21-7)11(19)18-4-5-20-12(14,15)16/h1-3H,4-5,17H2,(H,18,19). The lowest BCUT2D eigenvalue weighted by Gasteiger charge is -2.06. The zero-order chi connectivity index (χ0) is 15.6. The first-order chi connectivity index (χ1) is 9.79. The lowest BCUT2D eigenvalue weighted by Crippen LogP contribution is -2.26. The molecule has 3 N–H and O–H groups in total. The molecule has 0 radical (unpaired) electrons. The van der Waals surface area contributed by atoms with Crippen LogP contribution in [0.1, 0.15) is 9.67 Å². The van der Waals surface area contributed by atoms with Crippen LogP contribution in [0.5, 0.6) is 0 Å². The van der Waals surface area contributed by atoms with Gasteiger partial charge in [-0.05, 0) is 23.9 Å². The smallest absolute Gasteiger partial charge is 0.397 e. The number of hydrogen-bond donors (Lipinski definition) is 2. The SMILES string of the molecule is Nc1c(C(=O)NCCSC(F)(F)F)sc2cccc(Cl)c12. The maximum Gasteiger partial charge on any atom is 0.441 e. The van der Waals surface area contributed by atoms with Crippen molar-refractivity contribution in [1.82, 2.24) is 5.32 Å². The molecule has 0 saturated carbocycles. The van der Waals surface area contributed by atoms with Crippen LogP contribution in [0.25, 0.3) is 10.1 Å². The number of hydrogen-bond acceptors (Lipinski definition) is 4. The molecule has 0 unspecified atom stereocenters. The minimum Gasteiger partial charge on any atom is -0.397 e. The van der Waals surface area contributed by atoms with Crippen molar-refractivity contribution in [2.45, 2.75) is 5.51 Å². The van der Waals surface area contributed by atoms with E-state index in [9.17, 15) is 18.0 Å². The van der Waals surface area contributed by atoms with Crippen LogP contribution in [0.4, 0.5) is 18.9 Å². The molecule has 0 bridgehead atoms. The molecule has 3 nitrogen and oxygen atoms in total. The maximum absolute atomic E-state index is 12.0. The highest BCUT2D eigenvalue weighted by atomic mass is 35.5. The van der Waals surface area contributed by atoms with Crippen molar-refractivity contribution in [2.24, 2.45) is 0 Å². The van der Waals surface area contributed by atoms with Gasteiger partial charge < -0.3 is 11.1 Å². The Balaban J connectivity index is 2.07. The minimum atomic E-state index is -4.30. The number of carbonyl (C=O) groups excluding carboxylic acids is 1. The zero-order valence-corrected chi connectivity index (χ0v) is 12.8. The molecule has 2 aromatic rings. The Kier molecular flexibility index (Phi) is 4.90. The summed E-state index contributed by atoms with van der Waals surface area (Å²) in [6.45, 7) is -0.0928. The van der Waals surface area contributed by atoms with E-state index in [0.29, 0.717) is 10.4 Å². The Morgan fingerprint density at radius 3 is 2.76 bits per heavy atom. The Bertz CT molecular complexity index is 672. The molecule has 114 valence electrons. The Morgan fingerprint density at radius 1 is 1.43 bits per heavy atom. The summed E-state index contributed by atoms with van der Waals surface area (Å²) in [5, 5.41) is 3.45. The van der Waals surface area contributed by atoms with Crippen LogP contribution in [0.15, 0.2) is 18.2 Å². The number of carbonyl (C=O) groups is 1. The second-order valence-corrected chi connectivity index (χ2v) is 6.63. The van der Waals surface area contributed by atoms with Gasteiger partial charge in [-0.15, -0.1) is 11.3 Å². The first kappa shape index (κ1) is 16.3. The van der Waals surface area contributed by atoms with Crippen molar-refractivity contribution in [3.63, 3.8) is 0 Å². The summed E-state index contributed by atoms with van der Waals surface area (Å²) in [4.78, 5) is 12.2. The summed E-state index contributed by atoms with van der Waals surface area (Å²) in [5.41, 5.74) is 1.85. The van der Waals surface area contributed by atoms with Crippen LogP contribution in [0.3, 0.4) is 0 Å². The van der Waals surface area contributed by atoms with E-state index in [1.165, 1.54) is 0 Å². The number of thioether (sulfide) groups is 1. The second kappa shape index (κ2) is 6.33. The summed E-state index contributed by atoms with van der Waals surface area (Å²) in [5.74, 6) is -0.742. The van der Waals surface area contributed by atoms with E-state index in [1.54, 1.807) is 18.2 Å². The van der Waals surface area contributed by atoms with Crippen molar-refractivity contribution in [1.29, 1.82) is 0 Å². The summed E-state index contributed by atoms with van der Waals surface area (Å²) in [7, 11) is 0.